The maximum Gasteiger partial charge on any atom is 0.0731 e. The topological polar surface area (TPSA) is 12.0 Å². The molecule has 0 fully saturated rings. The van der Waals surface area contributed by atoms with Crippen molar-refractivity contribution in [2.24, 2.45) is 5.92 Å². The highest BCUT2D eigenvalue weighted by atomic mass is 14.9. The van der Waals surface area contributed by atoms with Gasteiger partial charge in [-0.3, -0.25) is 0 Å². The summed E-state index contributed by atoms with van der Waals surface area (Å²) in [6, 6.07) is 7.36. The zero-order valence-corrected chi connectivity index (χ0v) is 14.2. The van der Waals surface area contributed by atoms with Crippen molar-refractivity contribution in [1.29, 1.82) is 0 Å². The molecule has 0 saturated carbocycles. The summed E-state index contributed by atoms with van der Waals surface area (Å²) in [6.07, 6.45) is 11.4. The van der Waals surface area contributed by atoms with Gasteiger partial charge in [-0.05, 0) is 66.1 Å². The molecule has 1 aliphatic heterocycles. The van der Waals surface area contributed by atoms with Crippen molar-refractivity contribution >= 4 is 6.08 Å². The van der Waals surface area contributed by atoms with E-state index in [2.05, 4.69) is 75.6 Å². The van der Waals surface area contributed by atoms with Crippen molar-refractivity contribution in [3.8, 4) is 0 Å². The second kappa shape index (κ2) is 6.16. The van der Waals surface area contributed by atoms with Crippen molar-refractivity contribution in [3.63, 3.8) is 0 Å². The van der Waals surface area contributed by atoms with Gasteiger partial charge in [-0.2, -0.15) is 0 Å². The number of hydrogen-bond acceptors (Lipinski definition) is 1. The predicted octanol–water partition coefficient (Wildman–Crippen LogP) is 5.73. The molecule has 0 saturated heterocycles. The first kappa shape index (κ1) is 15.1. The Kier molecular flexibility index (Phi) is 4.24. The fourth-order valence-electron chi connectivity index (χ4n) is 3.65. The first-order valence-corrected chi connectivity index (χ1v) is 8.53. The molecule has 0 amide bonds. The van der Waals surface area contributed by atoms with Gasteiger partial charge in [0, 0.05) is 0 Å². The molecular weight excluding hydrogens is 266 g/mol. The highest BCUT2D eigenvalue weighted by Crippen LogP contribution is 2.36. The highest BCUT2D eigenvalue weighted by molar-refractivity contribution is 5.60. The number of hydrogen-bond donors (Lipinski definition) is 1. The van der Waals surface area contributed by atoms with Crippen LogP contribution in [0.15, 0.2) is 47.7 Å². The first-order valence-electron chi connectivity index (χ1n) is 8.53. The molecule has 3 atom stereocenters. The van der Waals surface area contributed by atoms with Crippen LogP contribution in [0.25, 0.3) is 6.08 Å². The van der Waals surface area contributed by atoms with Gasteiger partial charge < -0.3 is 5.32 Å². The van der Waals surface area contributed by atoms with Gasteiger partial charge in [0.05, 0.1) is 6.04 Å². The fourth-order valence-corrected chi connectivity index (χ4v) is 3.65. The normalized spacial score (nSPS) is 24.9. The van der Waals surface area contributed by atoms with Crippen LogP contribution in [0.5, 0.6) is 0 Å². The second-order valence-corrected chi connectivity index (χ2v) is 6.94. The molecule has 1 nitrogen and oxygen atoms in total. The Morgan fingerprint density at radius 2 is 2.14 bits per heavy atom. The summed E-state index contributed by atoms with van der Waals surface area (Å²) in [7, 11) is 0. The van der Waals surface area contributed by atoms with Gasteiger partial charge in [0.25, 0.3) is 0 Å². The number of allylic oxidation sites excluding steroid dienone is 3. The molecule has 1 N–H and O–H groups in total. The Morgan fingerprint density at radius 1 is 1.32 bits per heavy atom. The largest absolute Gasteiger partial charge is 0.380 e. The van der Waals surface area contributed by atoms with E-state index < -0.39 is 0 Å². The average molecular weight is 293 g/mol. The van der Waals surface area contributed by atoms with Gasteiger partial charge >= 0.3 is 0 Å². The van der Waals surface area contributed by atoms with Gasteiger partial charge in [0.15, 0.2) is 0 Å². The molecular formula is C21H27N. The molecule has 0 spiro atoms. The van der Waals surface area contributed by atoms with Gasteiger partial charge in [-0.15, -0.1) is 0 Å². The van der Waals surface area contributed by atoms with E-state index in [1.165, 1.54) is 34.3 Å². The lowest BCUT2D eigenvalue weighted by Crippen LogP contribution is -2.23. The number of rotatable bonds is 3. The Morgan fingerprint density at radius 3 is 2.86 bits per heavy atom. The molecule has 1 aromatic rings. The SMILES string of the molecule is CCC(C)c1ccc2c(c1)C=CNC2C1=CC(C)=CC(C)C1. The maximum atomic E-state index is 3.57. The Bertz CT molecular complexity index is 648. The van der Waals surface area contributed by atoms with Crippen LogP contribution in [0.2, 0.25) is 0 Å². The third-order valence-electron chi connectivity index (χ3n) is 5.02. The van der Waals surface area contributed by atoms with Crippen LogP contribution in [0.3, 0.4) is 0 Å². The predicted molar refractivity (Wildman–Crippen MR) is 95.7 cm³/mol. The zero-order valence-electron chi connectivity index (χ0n) is 14.2. The Labute approximate surface area is 134 Å². The fraction of sp³-hybridized carbons (Fsp3) is 0.429. The average Bonchev–Trinajstić information content (AvgIpc) is 2.52. The lowest BCUT2D eigenvalue weighted by atomic mass is 9.82. The molecule has 0 bridgehead atoms. The minimum atomic E-state index is 0.331. The second-order valence-electron chi connectivity index (χ2n) is 6.94. The monoisotopic (exact) mass is 293 g/mol. The van der Waals surface area contributed by atoms with Crippen molar-refractivity contribution in [1.82, 2.24) is 5.32 Å². The van der Waals surface area contributed by atoms with Crippen molar-refractivity contribution in [2.75, 3.05) is 0 Å². The standard InChI is InChI=1S/C21H27N/c1-5-16(4)17-6-7-20-18(13-17)8-9-22-21(20)19-11-14(2)10-15(3)12-19/h6-11,13,15-16,21-22H,5,12H2,1-4H3. The zero-order chi connectivity index (χ0) is 15.7. The van der Waals surface area contributed by atoms with E-state index in [9.17, 15) is 0 Å². The van der Waals surface area contributed by atoms with Gasteiger partial charge in [0.1, 0.15) is 0 Å². The maximum absolute atomic E-state index is 3.57. The van der Waals surface area contributed by atoms with E-state index in [4.69, 9.17) is 0 Å². The molecule has 1 aliphatic carbocycles. The van der Waals surface area contributed by atoms with Crippen LogP contribution in [0.1, 0.15) is 69.2 Å². The molecule has 116 valence electrons. The van der Waals surface area contributed by atoms with E-state index >= 15 is 0 Å². The van der Waals surface area contributed by atoms with Crippen LogP contribution in [-0.2, 0) is 0 Å². The van der Waals surface area contributed by atoms with Crippen LogP contribution >= 0.6 is 0 Å². The molecule has 1 heterocycles. The summed E-state index contributed by atoms with van der Waals surface area (Å²) < 4.78 is 0. The molecule has 0 radical (unpaired) electrons. The molecule has 1 heteroatoms. The smallest absolute Gasteiger partial charge is 0.0731 e. The van der Waals surface area contributed by atoms with Crippen LogP contribution in [0, 0.1) is 5.92 Å². The van der Waals surface area contributed by atoms with E-state index in [-0.39, 0.29) is 0 Å². The van der Waals surface area contributed by atoms with Crippen molar-refractivity contribution in [3.05, 3.63) is 64.4 Å². The first-order chi connectivity index (χ1) is 10.6. The molecule has 2 aliphatic rings. The molecule has 22 heavy (non-hydrogen) atoms. The third-order valence-corrected chi connectivity index (χ3v) is 5.02. The Hall–Kier alpha value is -1.76. The summed E-state index contributed by atoms with van der Waals surface area (Å²) >= 11 is 0. The van der Waals surface area contributed by atoms with E-state index in [1.54, 1.807) is 0 Å². The van der Waals surface area contributed by atoms with E-state index in [0.717, 1.165) is 6.42 Å². The lowest BCUT2D eigenvalue weighted by Gasteiger charge is -2.30. The minimum Gasteiger partial charge on any atom is -0.380 e. The lowest BCUT2D eigenvalue weighted by molar-refractivity contribution is 0.603. The summed E-state index contributed by atoms with van der Waals surface area (Å²) in [5.41, 5.74) is 7.15. The van der Waals surface area contributed by atoms with Crippen molar-refractivity contribution in [2.45, 2.75) is 52.5 Å². The summed E-state index contributed by atoms with van der Waals surface area (Å²) in [5, 5.41) is 3.57. The van der Waals surface area contributed by atoms with Crippen molar-refractivity contribution < 1.29 is 0 Å². The van der Waals surface area contributed by atoms with Gasteiger partial charge in [-0.25, -0.2) is 0 Å². The summed E-state index contributed by atoms with van der Waals surface area (Å²) in [6.45, 7) is 9.08. The van der Waals surface area contributed by atoms with Crippen LogP contribution in [-0.4, -0.2) is 0 Å². The van der Waals surface area contributed by atoms with E-state index in [0.29, 0.717) is 17.9 Å². The summed E-state index contributed by atoms with van der Waals surface area (Å²) in [5.74, 6) is 1.27. The number of fused-ring (bicyclic) bond motifs is 1. The van der Waals surface area contributed by atoms with Crippen LogP contribution in [0.4, 0.5) is 0 Å². The molecule has 0 aromatic heterocycles. The van der Waals surface area contributed by atoms with Gasteiger partial charge in [0.2, 0.25) is 0 Å². The van der Waals surface area contributed by atoms with Gasteiger partial charge in [-0.1, -0.05) is 56.7 Å². The minimum absolute atomic E-state index is 0.331. The molecule has 3 unspecified atom stereocenters. The highest BCUT2D eigenvalue weighted by Gasteiger charge is 2.23. The summed E-state index contributed by atoms with van der Waals surface area (Å²) in [4.78, 5) is 0. The van der Waals surface area contributed by atoms with Crippen LogP contribution < -0.4 is 5.32 Å². The molecule has 1 aromatic carbocycles. The quantitative estimate of drug-likeness (QED) is 0.750. The number of benzene rings is 1. The van der Waals surface area contributed by atoms with E-state index in [1.807, 2.05) is 0 Å². The molecule has 3 rings (SSSR count). The number of nitrogens with one attached hydrogen (secondary N) is 1. The third kappa shape index (κ3) is 2.90. The Balaban J connectivity index is 1.96.